The lowest BCUT2D eigenvalue weighted by Crippen LogP contribution is -2.43. The van der Waals surface area contributed by atoms with E-state index in [-0.39, 0.29) is 17.2 Å². The van der Waals surface area contributed by atoms with Crippen LogP contribution in [0.5, 0.6) is 0 Å². The number of nitrogens with zero attached hydrogens (tertiary/aromatic N) is 1. The number of thioether (sulfide) groups is 1. The molecule has 0 N–H and O–H groups in total. The maximum absolute atomic E-state index is 12.8. The fraction of sp³-hybridized carbons (Fsp3) is 0.316. The van der Waals surface area contributed by atoms with Crippen molar-refractivity contribution in [1.29, 1.82) is 0 Å². The van der Waals surface area contributed by atoms with E-state index in [4.69, 9.17) is 9.15 Å². The minimum absolute atomic E-state index is 0.179. The Balaban J connectivity index is 1.79. The van der Waals surface area contributed by atoms with Gasteiger partial charge >= 0.3 is 11.6 Å². The molecule has 1 aliphatic heterocycles. The zero-order chi connectivity index (χ0) is 18.8. The molecule has 0 fully saturated rings. The Bertz CT molecular complexity index is 894. The van der Waals surface area contributed by atoms with Crippen LogP contribution >= 0.6 is 11.8 Å². The summed E-state index contributed by atoms with van der Waals surface area (Å²) >= 11 is 1.69. The number of aryl methyl sites for hydroxylation is 2. The molecule has 2 aromatic rings. The number of amides is 1. The summed E-state index contributed by atoms with van der Waals surface area (Å²) in [5.41, 5.74) is 0.944. The van der Waals surface area contributed by atoms with Crippen molar-refractivity contribution in [1.82, 2.24) is 0 Å². The van der Waals surface area contributed by atoms with E-state index in [1.165, 1.54) is 13.0 Å². The normalized spacial score (nSPS) is 14.5. The highest BCUT2D eigenvalue weighted by molar-refractivity contribution is 7.99. The van der Waals surface area contributed by atoms with Crippen molar-refractivity contribution in [3.8, 4) is 0 Å². The Labute approximate surface area is 155 Å². The average molecular weight is 373 g/mol. The first-order chi connectivity index (χ1) is 12.4. The van der Waals surface area contributed by atoms with E-state index >= 15 is 0 Å². The molecule has 136 valence electrons. The molecular weight excluding hydrogens is 354 g/mol. The maximum atomic E-state index is 12.8. The molecule has 7 heteroatoms. The van der Waals surface area contributed by atoms with Gasteiger partial charge in [-0.05, 0) is 38.5 Å². The second kappa shape index (κ2) is 7.37. The largest absolute Gasteiger partial charge is 0.449 e. The molecule has 0 aliphatic carbocycles. The first-order valence-corrected chi connectivity index (χ1v) is 9.22. The third-order valence-electron chi connectivity index (χ3n) is 4.16. The number of fused-ring (bicyclic) bond motifs is 1. The smallest absolute Gasteiger partial charge is 0.342 e. The zero-order valence-corrected chi connectivity index (χ0v) is 15.6. The van der Waals surface area contributed by atoms with Gasteiger partial charge in [0.2, 0.25) is 0 Å². The number of rotatable bonds is 3. The van der Waals surface area contributed by atoms with Gasteiger partial charge in [0, 0.05) is 23.3 Å². The van der Waals surface area contributed by atoms with Crippen LogP contribution < -0.4 is 10.5 Å². The van der Waals surface area contributed by atoms with Gasteiger partial charge in [-0.25, -0.2) is 9.59 Å². The second-order valence-electron chi connectivity index (χ2n) is 6.03. The Hall–Kier alpha value is -2.54. The highest BCUT2D eigenvalue weighted by Gasteiger charge is 2.29. The van der Waals surface area contributed by atoms with E-state index in [0.29, 0.717) is 12.1 Å². The SMILES string of the molecule is Cc1cc(=O)oc(C)c1C(=O)O[C@H](C)C(=O)N1CCSc2ccccc21. The zero-order valence-electron chi connectivity index (χ0n) is 14.8. The number of para-hydroxylation sites is 1. The van der Waals surface area contributed by atoms with Crippen molar-refractivity contribution in [2.24, 2.45) is 0 Å². The van der Waals surface area contributed by atoms with Gasteiger partial charge in [-0.3, -0.25) is 4.79 Å². The van der Waals surface area contributed by atoms with Crippen molar-refractivity contribution >= 4 is 29.3 Å². The van der Waals surface area contributed by atoms with E-state index < -0.39 is 17.7 Å². The van der Waals surface area contributed by atoms with Crippen LogP contribution in [0.1, 0.15) is 28.6 Å². The van der Waals surface area contributed by atoms with Crippen LogP contribution in [-0.4, -0.2) is 30.3 Å². The third kappa shape index (κ3) is 3.53. The van der Waals surface area contributed by atoms with Gasteiger partial charge in [0.1, 0.15) is 11.3 Å². The highest BCUT2D eigenvalue weighted by Crippen LogP contribution is 2.34. The third-order valence-corrected chi connectivity index (χ3v) is 5.21. The van der Waals surface area contributed by atoms with Crippen molar-refractivity contribution in [3.63, 3.8) is 0 Å². The van der Waals surface area contributed by atoms with Crippen LogP contribution in [0.15, 0.2) is 44.4 Å². The van der Waals surface area contributed by atoms with E-state index in [1.807, 2.05) is 24.3 Å². The molecule has 0 spiro atoms. The Morgan fingerprint density at radius 1 is 1.27 bits per heavy atom. The summed E-state index contributed by atoms with van der Waals surface area (Å²) in [7, 11) is 0. The molecule has 0 saturated carbocycles. The van der Waals surface area contributed by atoms with Gasteiger partial charge < -0.3 is 14.1 Å². The van der Waals surface area contributed by atoms with Gasteiger partial charge in [-0.15, -0.1) is 11.8 Å². The van der Waals surface area contributed by atoms with E-state index in [1.54, 1.807) is 30.5 Å². The topological polar surface area (TPSA) is 76.8 Å². The monoisotopic (exact) mass is 373 g/mol. The number of hydrogen-bond acceptors (Lipinski definition) is 6. The molecule has 3 rings (SSSR count). The minimum Gasteiger partial charge on any atom is -0.449 e. The van der Waals surface area contributed by atoms with Gasteiger partial charge in [0.15, 0.2) is 6.10 Å². The van der Waals surface area contributed by atoms with Crippen LogP contribution in [0.3, 0.4) is 0 Å². The van der Waals surface area contributed by atoms with Crippen LogP contribution in [0, 0.1) is 13.8 Å². The predicted molar refractivity (Wildman–Crippen MR) is 98.8 cm³/mol. The summed E-state index contributed by atoms with van der Waals surface area (Å²) in [6.45, 7) is 5.26. The lowest BCUT2D eigenvalue weighted by Gasteiger charge is -2.30. The molecule has 0 radical (unpaired) electrons. The van der Waals surface area contributed by atoms with Crippen molar-refractivity contribution in [3.05, 3.63) is 57.6 Å². The fourth-order valence-corrected chi connectivity index (χ4v) is 3.95. The van der Waals surface area contributed by atoms with Crippen LogP contribution in [-0.2, 0) is 9.53 Å². The maximum Gasteiger partial charge on any atom is 0.342 e. The number of hydrogen-bond donors (Lipinski definition) is 0. The summed E-state index contributed by atoms with van der Waals surface area (Å²) in [6.07, 6.45) is -0.954. The van der Waals surface area contributed by atoms with Gasteiger partial charge in [-0.1, -0.05) is 12.1 Å². The Morgan fingerprint density at radius 3 is 2.73 bits per heavy atom. The summed E-state index contributed by atoms with van der Waals surface area (Å²) in [5, 5.41) is 0. The number of ether oxygens (including phenoxy) is 1. The summed E-state index contributed by atoms with van der Waals surface area (Å²) in [4.78, 5) is 39.3. The highest BCUT2D eigenvalue weighted by atomic mass is 32.2. The van der Waals surface area contributed by atoms with Crippen LogP contribution in [0.2, 0.25) is 0 Å². The molecule has 1 amide bonds. The molecule has 1 atom stereocenters. The molecule has 1 aromatic carbocycles. The van der Waals surface area contributed by atoms with Crippen molar-refractivity contribution in [2.75, 3.05) is 17.2 Å². The van der Waals surface area contributed by atoms with Gasteiger partial charge in [-0.2, -0.15) is 0 Å². The molecule has 0 unspecified atom stereocenters. The first-order valence-electron chi connectivity index (χ1n) is 8.24. The fourth-order valence-electron chi connectivity index (χ4n) is 2.95. The molecule has 26 heavy (non-hydrogen) atoms. The standard InChI is InChI=1S/C19H19NO5S/c1-11-10-16(21)24-12(2)17(11)19(23)25-13(3)18(22)20-8-9-26-15-7-5-4-6-14(15)20/h4-7,10,13H,8-9H2,1-3H3/t13-/m1/s1. The van der Waals surface area contributed by atoms with E-state index in [0.717, 1.165) is 16.3 Å². The Kier molecular flexibility index (Phi) is 5.18. The van der Waals surface area contributed by atoms with Crippen molar-refractivity contribution in [2.45, 2.75) is 31.8 Å². The second-order valence-corrected chi connectivity index (χ2v) is 7.17. The van der Waals surface area contributed by atoms with E-state index in [9.17, 15) is 14.4 Å². The van der Waals surface area contributed by atoms with Crippen LogP contribution in [0.4, 0.5) is 5.69 Å². The molecular formula is C19H19NO5S. The van der Waals surface area contributed by atoms with Crippen LogP contribution in [0.25, 0.3) is 0 Å². The predicted octanol–water partition coefficient (Wildman–Crippen LogP) is 2.94. The van der Waals surface area contributed by atoms with Gasteiger partial charge in [0.05, 0.1) is 5.69 Å². The van der Waals surface area contributed by atoms with E-state index in [2.05, 4.69) is 0 Å². The molecule has 2 heterocycles. The number of carbonyl (C=O) groups is 2. The summed E-state index contributed by atoms with van der Waals surface area (Å²) in [6, 6.07) is 8.88. The summed E-state index contributed by atoms with van der Waals surface area (Å²) in [5.74, 6) is 0.00768. The molecule has 6 nitrogen and oxygen atoms in total. The number of anilines is 1. The van der Waals surface area contributed by atoms with Crippen molar-refractivity contribution < 1.29 is 18.7 Å². The number of carbonyl (C=O) groups excluding carboxylic acids is 2. The lowest BCUT2D eigenvalue weighted by atomic mass is 10.1. The Morgan fingerprint density at radius 2 is 2.00 bits per heavy atom. The lowest BCUT2D eigenvalue weighted by molar-refractivity contribution is -0.126. The average Bonchev–Trinajstić information content (AvgIpc) is 2.59. The number of esters is 1. The molecule has 1 aliphatic rings. The molecule has 0 bridgehead atoms. The minimum atomic E-state index is -0.954. The summed E-state index contributed by atoms with van der Waals surface area (Å²) < 4.78 is 10.3. The first kappa shape index (κ1) is 18.3. The molecule has 0 saturated heterocycles. The molecule has 1 aromatic heterocycles. The number of benzene rings is 1. The van der Waals surface area contributed by atoms with Gasteiger partial charge in [0.25, 0.3) is 5.91 Å². The quantitative estimate of drug-likeness (QED) is 0.770.